The molecule has 0 radical (unpaired) electrons. The maximum atomic E-state index is 12.0. The number of ether oxygens (including phenoxy) is 1. The smallest absolute Gasteiger partial charge is 0.367 e. The topological polar surface area (TPSA) is 50.4 Å². The molecule has 0 saturated heterocycles. The van der Waals surface area contributed by atoms with Gasteiger partial charge in [0.2, 0.25) is 0 Å². The molecule has 0 heterocycles. The van der Waals surface area contributed by atoms with Crippen molar-refractivity contribution in [2.45, 2.75) is 32.8 Å². The average molecular weight is 366 g/mol. The number of aryl methyl sites for hydroxylation is 1. The maximum absolute atomic E-state index is 12.0. The van der Waals surface area contributed by atoms with Crippen molar-refractivity contribution in [3.05, 3.63) is 70.8 Å². The Balaban J connectivity index is 1.72. The molecule has 0 unspecified atom stereocenters. The van der Waals surface area contributed by atoms with Crippen LogP contribution >= 0.6 is 0 Å². The summed E-state index contributed by atoms with van der Waals surface area (Å²) in [5, 5.41) is 5.53. The van der Waals surface area contributed by atoms with Crippen LogP contribution in [0.25, 0.3) is 0 Å². The van der Waals surface area contributed by atoms with E-state index in [1.54, 1.807) is 24.3 Å². The highest BCUT2D eigenvalue weighted by Gasteiger charge is 2.27. The summed E-state index contributed by atoms with van der Waals surface area (Å²) in [5.74, 6) is 0. The van der Waals surface area contributed by atoms with E-state index >= 15 is 0 Å². The lowest BCUT2D eigenvalue weighted by Crippen LogP contribution is -2.34. The molecule has 0 fully saturated rings. The zero-order valence-electron chi connectivity index (χ0n) is 14.4. The van der Waals surface area contributed by atoms with Gasteiger partial charge >= 0.3 is 12.2 Å². The third-order valence-electron chi connectivity index (χ3n) is 3.71. The molecule has 2 rings (SSSR count). The van der Waals surface area contributed by atoms with E-state index in [9.17, 15) is 18.0 Å². The van der Waals surface area contributed by atoms with Gasteiger partial charge in [-0.05, 0) is 29.2 Å². The van der Waals surface area contributed by atoms with Gasteiger partial charge in [0.25, 0.3) is 0 Å². The highest BCUT2D eigenvalue weighted by atomic mass is 19.4. The lowest BCUT2D eigenvalue weighted by molar-refractivity contribution is -0.176. The lowest BCUT2D eigenvalue weighted by atomic mass is 10.1. The van der Waals surface area contributed by atoms with Crippen LogP contribution in [0.4, 0.5) is 18.0 Å². The zero-order valence-corrected chi connectivity index (χ0v) is 14.4. The molecule has 2 N–H and O–H groups in total. The summed E-state index contributed by atoms with van der Waals surface area (Å²) in [5.41, 5.74) is 3.64. The Morgan fingerprint density at radius 1 is 0.962 bits per heavy atom. The minimum absolute atomic E-state index is 0.107. The first kappa shape index (κ1) is 19.8. The molecule has 7 heteroatoms. The van der Waals surface area contributed by atoms with Crippen LogP contribution in [0.1, 0.15) is 22.3 Å². The summed E-state index contributed by atoms with van der Waals surface area (Å²) in [6, 6.07) is 14.4. The van der Waals surface area contributed by atoms with Crippen LogP contribution in [0.3, 0.4) is 0 Å². The van der Waals surface area contributed by atoms with Gasteiger partial charge in [-0.2, -0.15) is 13.2 Å². The van der Waals surface area contributed by atoms with Crippen molar-refractivity contribution in [3.63, 3.8) is 0 Å². The standard InChI is InChI=1S/C19H21F3N2O2/c1-14-4-2-3-5-17(14)11-24-18(25)23-10-15-6-8-16(9-7-15)12-26-13-19(20,21)22/h2-9H,10-13H2,1H3,(H2,23,24,25). The van der Waals surface area contributed by atoms with Crippen LogP contribution in [-0.4, -0.2) is 18.8 Å². The van der Waals surface area contributed by atoms with Gasteiger partial charge < -0.3 is 15.4 Å². The molecule has 2 amide bonds. The number of amides is 2. The van der Waals surface area contributed by atoms with E-state index in [0.29, 0.717) is 18.7 Å². The molecule has 0 aliphatic carbocycles. The van der Waals surface area contributed by atoms with Crippen molar-refractivity contribution in [1.82, 2.24) is 10.6 Å². The molecule has 2 aromatic carbocycles. The fraction of sp³-hybridized carbons (Fsp3) is 0.316. The Kier molecular flexibility index (Phi) is 7.03. The fourth-order valence-corrected chi connectivity index (χ4v) is 2.27. The van der Waals surface area contributed by atoms with Gasteiger partial charge in [0.05, 0.1) is 6.61 Å². The van der Waals surface area contributed by atoms with Gasteiger partial charge in [-0.15, -0.1) is 0 Å². The number of rotatable bonds is 7. The normalized spacial score (nSPS) is 11.2. The molecule has 0 spiro atoms. The Morgan fingerprint density at radius 3 is 2.23 bits per heavy atom. The second-order valence-electron chi connectivity index (χ2n) is 5.89. The maximum Gasteiger partial charge on any atom is 0.411 e. The van der Waals surface area contributed by atoms with Gasteiger partial charge in [0, 0.05) is 13.1 Å². The van der Waals surface area contributed by atoms with E-state index in [2.05, 4.69) is 15.4 Å². The summed E-state index contributed by atoms with van der Waals surface area (Å²) in [4.78, 5) is 11.9. The Labute approximate surface area is 150 Å². The molecule has 140 valence electrons. The SMILES string of the molecule is Cc1ccccc1CNC(=O)NCc1ccc(COCC(F)(F)F)cc1. The number of halogens is 3. The molecule has 2 aromatic rings. The summed E-state index contributed by atoms with van der Waals surface area (Å²) in [6.45, 7) is 1.37. The van der Waals surface area contributed by atoms with Gasteiger partial charge in [0.15, 0.2) is 0 Å². The van der Waals surface area contributed by atoms with Crippen molar-refractivity contribution >= 4 is 6.03 Å². The highest BCUT2D eigenvalue weighted by molar-refractivity contribution is 5.73. The first-order valence-corrected chi connectivity index (χ1v) is 8.12. The quantitative estimate of drug-likeness (QED) is 0.776. The molecule has 0 bridgehead atoms. The highest BCUT2D eigenvalue weighted by Crippen LogP contribution is 2.15. The third-order valence-corrected chi connectivity index (χ3v) is 3.71. The number of hydrogen-bond acceptors (Lipinski definition) is 2. The Hall–Kier alpha value is -2.54. The van der Waals surface area contributed by atoms with E-state index in [1.807, 2.05) is 31.2 Å². The van der Waals surface area contributed by atoms with Crippen molar-refractivity contribution in [3.8, 4) is 0 Å². The molecule has 0 aromatic heterocycles. The fourth-order valence-electron chi connectivity index (χ4n) is 2.27. The van der Waals surface area contributed by atoms with Gasteiger partial charge in [-0.3, -0.25) is 0 Å². The molecule has 0 aliphatic heterocycles. The number of urea groups is 1. The van der Waals surface area contributed by atoms with Crippen LogP contribution in [0.5, 0.6) is 0 Å². The van der Waals surface area contributed by atoms with Gasteiger partial charge in [0.1, 0.15) is 6.61 Å². The van der Waals surface area contributed by atoms with E-state index in [1.165, 1.54) is 0 Å². The Morgan fingerprint density at radius 2 is 1.58 bits per heavy atom. The molecular formula is C19H21F3N2O2. The third kappa shape index (κ3) is 7.14. The zero-order chi connectivity index (χ0) is 19.0. The summed E-state index contributed by atoms with van der Waals surface area (Å²) < 4.78 is 40.7. The number of carbonyl (C=O) groups excluding carboxylic acids is 1. The van der Waals surface area contributed by atoms with E-state index in [4.69, 9.17) is 0 Å². The molecule has 4 nitrogen and oxygen atoms in total. The minimum atomic E-state index is -4.32. The predicted octanol–water partition coefficient (Wildman–Crippen LogP) is 4.07. The summed E-state index contributed by atoms with van der Waals surface area (Å²) >= 11 is 0. The largest absolute Gasteiger partial charge is 0.411 e. The second-order valence-corrected chi connectivity index (χ2v) is 5.89. The van der Waals surface area contributed by atoms with Crippen molar-refractivity contribution < 1.29 is 22.7 Å². The Bertz CT molecular complexity index is 715. The molecule has 0 atom stereocenters. The van der Waals surface area contributed by atoms with E-state index < -0.39 is 12.8 Å². The number of carbonyl (C=O) groups is 1. The van der Waals surface area contributed by atoms with Crippen molar-refractivity contribution in [2.75, 3.05) is 6.61 Å². The molecule has 26 heavy (non-hydrogen) atoms. The monoisotopic (exact) mass is 366 g/mol. The van der Waals surface area contributed by atoms with Crippen molar-refractivity contribution in [1.29, 1.82) is 0 Å². The lowest BCUT2D eigenvalue weighted by Gasteiger charge is -2.10. The van der Waals surface area contributed by atoms with Gasteiger partial charge in [-0.1, -0.05) is 48.5 Å². The minimum Gasteiger partial charge on any atom is -0.367 e. The summed E-state index contributed by atoms with van der Waals surface area (Å²) in [7, 11) is 0. The van der Waals surface area contributed by atoms with E-state index in [-0.39, 0.29) is 12.6 Å². The number of alkyl halides is 3. The van der Waals surface area contributed by atoms with Crippen LogP contribution in [0.2, 0.25) is 0 Å². The molecule has 0 saturated carbocycles. The number of nitrogens with one attached hydrogen (secondary N) is 2. The number of benzene rings is 2. The number of hydrogen-bond donors (Lipinski definition) is 2. The van der Waals surface area contributed by atoms with Crippen LogP contribution < -0.4 is 10.6 Å². The van der Waals surface area contributed by atoms with Crippen molar-refractivity contribution in [2.24, 2.45) is 0 Å². The first-order valence-electron chi connectivity index (χ1n) is 8.12. The van der Waals surface area contributed by atoms with Crippen LogP contribution in [0.15, 0.2) is 48.5 Å². The summed E-state index contributed by atoms with van der Waals surface area (Å²) in [6.07, 6.45) is -4.32. The van der Waals surface area contributed by atoms with Crippen LogP contribution in [-0.2, 0) is 24.4 Å². The van der Waals surface area contributed by atoms with Gasteiger partial charge in [-0.25, -0.2) is 4.79 Å². The second kappa shape index (κ2) is 9.24. The predicted molar refractivity (Wildman–Crippen MR) is 92.4 cm³/mol. The molecule has 0 aliphatic rings. The molecular weight excluding hydrogens is 345 g/mol. The van der Waals surface area contributed by atoms with Crippen LogP contribution in [0, 0.1) is 6.92 Å². The van der Waals surface area contributed by atoms with E-state index in [0.717, 1.165) is 16.7 Å². The average Bonchev–Trinajstić information content (AvgIpc) is 2.59. The first-order chi connectivity index (χ1) is 12.3.